The fourth-order valence-corrected chi connectivity index (χ4v) is 12.3. The highest BCUT2D eigenvalue weighted by Gasteiger charge is 2.21. The molecule has 0 radical (unpaired) electrons. The Morgan fingerprint density at radius 3 is 1.03 bits per heavy atom. The molecular weight excluding hydrogens is 1170 g/mol. The molecule has 6 N–H and O–H groups in total. The summed E-state index contributed by atoms with van der Waals surface area (Å²) >= 11 is 0. The molecule has 0 spiro atoms. The summed E-state index contributed by atoms with van der Waals surface area (Å²) in [7, 11) is -11.8. The van der Waals surface area contributed by atoms with E-state index >= 15 is 0 Å². The summed E-state index contributed by atoms with van der Waals surface area (Å²) in [6, 6.07) is 53.5. The van der Waals surface area contributed by atoms with Gasteiger partial charge in [-0.1, -0.05) is 103 Å². The van der Waals surface area contributed by atoms with E-state index in [1.165, 1.54) is 24.3 Å². The molecule has 0 unspecified atom stereocenters. The molecule has 0 saturated heterocycles. The van der Waals surface area contributed by atoms with Crippen molar-refractivity contribution in [3.63, 3.8) is 0 Å². The maximum absolute atomic E-state index is 13.8. The Balaban J connectivity index is 0.000000185. The Labute approximate surface area is 496 Å². The average molecular weight is 1230 g/mol. The lowest BCUT2D eigenvalue weighted by Gasteiger charge is -2.11. The molecule has 0 aliphatic heterocycles. The molecular formula is C65H58F3N3O12S3. The smallest absolute Gasteiger partial charge is 0.335 e. The summed E-state index contributed by atoms with van der Waals surface area (Å²) in [5, 5.41) is 27.1. The van der Waals surface area contributed by atoms with Crippen molar-refractivity contribution in [3.05, 3.63) is 285 Å². The Morgan fingerprint density at radius 2 is 0.686 bits per heavy atom. The van der Waals surface area contributed by atoms with Crippen LogP contribution in [0.5, 0.6) is 0 Å². The number of benzene rings is 9. The summed E-state index contributed by atoms with van der Waals surface area (Å²) in [4.78, 5) is 32.3. The van der Waals surface area contributed by atoms with Gasteiger partial charge in [0.05, 0.1) is 21.6 Å². The van der Waals surface area contributed by atoms with Crippen LogP contribution in [-0.4, -0.2) is 58.5 Å². The number of nitrogens with one attached hydrogen (secondary N) is 3. The van der Waals surface area contributed by atoms with Gasteiger partial charge in [-0.3, -0.25) is 14.2 Å². The van der Waals surface area contributed by atoms with Gasteiger partial charge >= 0.3 is 17.9 Å². The van der Waals surface area contributed by atoms with Crippen LogP contribution in [0.4, 0.5) is 30.2 Å². The first-order valence-electron chi connectivity index (χ1n) is 26.4. The first-order valence-corrected chi connectivity index (χ1v) is 30.9. The van der Waals surface area contributed by atoms with Crippen LogP contribution < -0.4 is 14.2 Å². The number of aromatic carboxylic acids is 3. The Kier molecular flexibility index (Phi) is 21.4. The van der Waals surface area contributed by atoms with Crippen LogP contribution >= 0.6 is 0 Å². The summed E-state index contributed by atoms with van der Waals surface area (Å²) in [6.45, 7) is 3.71. The number of anilines is 3. The third-order valence-electron chi connectivity index (χ3n) is 13.2. The zero-order valence-corrected chi connectivity index (χ0v) is 48.7. The first kappa shape index (κ1) is 64.0. The van der Waals surface area contributed by atoms with Gasteiger partial charge in [-0.25, -0.2) is 52.8 Å². The van der Waals surface area contributed by atoms with Gasteiger partial charge in [-0.2, -0.15) is 0 Å². The van der Waals surface area contributed by atoms with Gasteiger partial charge in [0.15, 0.2) is 0 Å². The molecule has 9 aromatic rings. The lowest BCUT2D eigenvalue weighted by Crippen LogP contribution is -2.14. The number of rotatable bonds is 21. The molecule has 86 heavy (non-hydrogen) atoms. The predicted octanol–water partition coefficient (Wildman–Crippen LogP) is 12.9. The maximum Gasteiger partial charge on any atom is 0.335 e. The third kappa shape index (κ3) is 18.5. The number of halogens is 3. The van der Waals surface area contributed by atoms with Gasteiger partial charge < -0.3 is 15.3 Å². The molecule has 15 nitrogen and oxygen atoms in total. The number of sulfonamides is 3. The lowest BCUT2D eigenvalue weighted by molar-refractivity contribution is 0.0686. The number of carboxylic acid groups (broad SMARTS) is 3. The van der Waals surface area contributed by atoms with E-state index in [0.29, 0.717) is 55.1 Å². The van der Waals surface area contributed by atoms with Crippen molar-refractivity contribution < 1.29 is 68.1 Å². The number of aryl methyl sites for hydroxylation is 8. The fourth-order valence-electron chi connectivity index (χ4n) is 8.75. The van der Waals surface area contributed by atoms with Gasteiger partial charge in [0.2, 0.25) is 0 Å². The highest BCUT2D eigenvalue weighted by molar-refractivity contribution is 7.93. The summed E-state index contributed by atoms with van der Waals surface area (Å²) < 4.78 is 122. The van der Waals surface area contributed by atoms with Gasteiger partial charge in [0.25, 0.3) is 30.1 Å². The molecule has 0 aliphatic carbocycles. The van der Waals surface area contributed by atoms with E-state index in [4.69, 9.17) is 15.3 Å². The summed E-state index contributed by atoms with van der Waals surface area (Å²) in [5.41, 5.74) is 9.20. The highest BCUT2D eigenvalue weighted by Crippen LogP contribution is 2.25. The minimum absolute atomic E-state index is 0.222. The predicted molar refractivity (Wildman–Crippen MR) is 323 cm³/mol. The van der Waals surface area contributed by atoms with Crippen LogP contribution in [0.2, 0.25) is 0 Å². The number of carboxylic acids is 3. The minimum Gasteiger partial charge on any atom is -0.478 e. The van der Waals surface area contributed by atoms with Crippen molar-refractivity contribution in [2.24, 2.45) is 0 Å². The quantitative estimate of drug-likeness (QED) is 0.0393. The molecule has 9 aromatic carbocycles. The number of hydrogen-bond acceptors (Lipinski definition) is 9. The standard InChI is InChI=1S/C23H23NO4S.C21H17F2NO4S.C21H18FNO4S/c1-16-6-13-22(17(2)14-16)29(27,28)24-21-11-9-18(10-12-21)7-8-19-4-3-5-20(15-19)23(25)26;22-17-8-11-20(19(23)13-17)29(27,28)24-18-9-6-14(7-10-18)4-5-15-2-1-3-16(12-15)21(25)26;22-19-6-1-2-7-20(19)28(26,27)23-18-12-10-15(11-13-18)8-9-16-4-3-5-17(14-16)21(24)25/h3-6,9-15,24H,7-8H2,1-2H3,(H,25,26);1-3,6-13,24H,4-5H2,(H,25,26);1-7,10-14,23H,8-9H2,(H,24,25). The van der Waals surface area contributed by atoms with Crippen molar-refractivity contribution in [1.29, 1.82) is 0 Å². The van der Waals surface area contributed by atoms with Crippen molar-refractivity contribution in [2.45, 2.75) is 67.1 Å². The molecule has 9 rings (SSSR count). The fraction of sp³-hybridized carbons (Fsp3) is 0.123. The van der Waals surface area contributed by atoms with Crippen molar-refractivity contribution in [1.82, 2.24) is 0 Å². The van der Waals surface area contributed by atoms with Crippen LogP contribution in [0.1, 0.15) is 75.6 Å². The van der Waals surface area contributed by atoms with Crippen molar-refractivity contribution >= 4 is 65.0 Å². The van der Waals surface area contributed by atoms with Crippen molar-refractivity contribution in [3.8, 4) is 0 Å². The monoisotopic (exact) mass is 1230 g/mol. The van der Waals surface area contributed by atoms with Gasteiger partial charge in [-0.05, 0) is 194 Å². The lowest BCUT2D eigenvalue weighted by atomic mass is 10.0. The second-order valence-electron chi connectivity index (χ2n) is 19.7. The highest BCUT2D eigenvalue weighted by atomic mass is 32.2. The zero-order valence-electron chi connectivity index (χ0n) is 46.2. The second-order valence-corrected chi connectivity index (χ2v) is 24.7. The Bertz CT molecular complexity index is 4060. The number of carbonyl (C=O) groups is 3. The van der Waals surface area contributed by atoms with Gasteiger partial charge in [-0.15, -0.1) is 0 Å². The summed E-state index contributed by atoms with van der Waals surface area (Å²) in [6.07, 6.45) is 4.00. The Hall–Kier alpha value is -9.57. The minimum atomic E-state index is -4.19. The molecule has 0 atom stereocenters. The first-order chi connectivity index (χ1) is 40.8. The second kappa shape index (κ2) is 28.8. The zero-order chi connectivity index (χ0) is 62.2. The molecule has 0 saturated carbocycles. The van der Waals surface area contributed by atoms with E-state index in [9.17, 15) is 52.8 Å². The van der Waals surface area contributed by atoms with Crippen LogP contribution in [0.3, 0.4) is 0 Å². The van der Waals surface area contributed by atoms with E-state index in [2.05, 4.69) is 14.2 Å². The third-order valence-corrected chi connectivity index (χ3v) is 17.5. The maximum atomic E-state index is 13.8. The van der Waals surface area contributed by atoms with Crippen LogP contribution in [-0.2, 0) is 68.6 Å². The van der Waals surface area contributed by atoms with E-state index < -0.39 is 75.2 Å². The molecule has 0 amide bonds. The number of hydrogen-bond donors (Lipinski definition) is 6. The molecule has 0 aromatic heterocycles. The molecule has 0 bridgehead atoms. The molecule has 444 valence electrons. The van der Waals surface area contributed by atoms with Crippen LogP contribution in [0.25, 0.3) is 0 Å². The van der Waals surface area contributed by atoms with E-state index in [1.807, 2.05) is 43.3 Å². The van der Waals surface area contributed by atoms with E-state index in [1.54, 1.807) is 128 Å². The molecule has 0 heterocycles. The topological polar surface area (TPSA) is 250 Å². The van der Waals surface area contributed by atoms with Crippen LogP contribution in [0, 0.1) is 31.3 Å². The van der Waals surface area contributed by atoms with Gasteiger partial charge in [0, 0.05) is 23.1 Å². The normalized spacial score (nSPS) is 11.2. The van der Waals surface area contributed by atoms with Crippen LogP contribution in [0.15, 0.2) is 221 Å². The summed E-state index contributed by atoms with van der Waals surface area (Å²) in [5.74, 6) is -5.73. The molecule has 0 fully saturated rings. The SMILES string of the molecule is Cc1ccc(S(=O)(=O)Nc2ccc(CCc3cccc(C(=O)O)c3)cc2)c(C)c1.O=C(O)c1cccc(CCc2ccc(NS(=O)(=O)c3ccc(F)cc3F)cc2)c1.O=C(O)c1cccc(CCc2ccc(NS(=O)(=O)c3ccccc3F)cc2)c1. The van der Waals surface area contributed by atoms with E-state index in [0.717, 1.165) is 63.6 Å². The molecule has 21 heteroatoms. The van der Waals surface area contributed by atoms with Crippen molar-refractivity contribution in [2.75, 3.05) is 14.2 Å². The largest absolute Gasteiger partial charge is 0.478 e. The molecule has 0 aliphatic rings. The Morgan fingerprint density at radius 1 is 0.349 bits per heavy atom. The van der Waals surface area contributed by atoms with E-state index in [-0.39, 0.29) is 27.3 Å². The average Bonchev–Trinajstić information content (AvgIpc) is 1.87. The van der Waals surface area contributed by atoms with Gasteiger partial charge in [0.1, 0.15) is 27.2 Å².